The van der Waals surface area contributed by atoms with Crippen molar-refractivity contribution in [3.8, 4) is 0 Å². The first kappa shape index (κ1) is 87.9. The molecule has 112 heavy (non-hydrogen) atoms. The molecule has 4 aliphatic rings. The van der Waals surface area contributed by atoms with Crippen LogP contribution in [0.25, 0.3) is 0 Å². The molecule has 8 nitrogen and oxygen atoms in total. The van der Waals surface area contributed by atoms with E-state index in [2.05, 4.69) is 34.9 Å². The number of hydrogen-bond donors (Lipinski definition) is 2. The van der Waals surface area contributed by atoms with Gasteiger partial charge in [-0.05, 0) is 0 Å². The number of anilines is 4. The maximum atomic E-state index is 17.9. The number of carbonyl (C=O) groups is 4. The molecule has 2 N–H and O–H groups in total. The van der Waals surface area contributed by atoms with Crippen LogP contribution in [0.2, 0.25) is 0 Å². The number of halogens is 8. The fraction of sp³-hybridized carbons (Fsp3) is 0.404. The summed E-state index contributed by atoms with van der Waals surface area (Å²) in [4.78, 5) is 58.9. The molecule has 10 rings (SSSR count). The first-order valence-electron chi connectivity index (χ1n) is 40.1. The van der Waals surface area contributed by atoms with E-state index in [1.165, 1.54) is 45.2 Å². The molecular weight excluding hydrogens is 1500 g/mol. The Morgan fingerprint density at radius 1 is 0.357 bits per heavy atom. The van der Waals surface area contributed by atoms with Crippen molar-refractivity contribution in [2.45, 2.75) is 212 Å². The van der Waals surface area contributed by atoms with Gasteiger partial charge >= 0.3 is 635 Å². The van der Waals surface area contributed by atoms with Crippen molar-refractivity contribution < 1.29 is 87.5 Å². The Hall–Kier alpha value is -8.01. The number of benzene rings is 6. The van der Waals surface area contributed by atoms with Crippen LogP contribution in [0.4, 0.5) is 57.9 Å². The Bertz CT molecular complexity index is 4360. The monoisotopic (exact) mass is 1610 g/mol. The number of nitrogens with zero attached hydrogens (tertiary/aromatic N) is 2. The fourth-order valence-electron chi connectivity index (χ4n) is 16.4. The molecule has 0 saturated carbocycles. The van der Waals surface area contributed by atoms with Gasteiger partial charge in [-0.25, -0.2) is 0 Å². The summed E-state index contributed by atoms with van der Waals surface area (Å²) in [6.07, 6.45) is 33.5. The number of allylic oxidation sites excluding steroid dienone is 16. The summed E-state index contributed by atoms with van der Waals surface area (Å²) in [6, 6.07) is 29.6. The molecule has 0 heterocycles. The predicted molar refractivity (Wildman–Crippen MR) is 436 cm³/mol. The quantitative estimate of drug-likeness (QED) is 0.0233. The number of unbranched alkanes of at least 4 members (excludes halogenated alkanes) is 4. The van der Waals surface area contributed by atoms with Crippen LogP contribution in [-0.2, 0) is 65.2 Å². The van der Waals surface area contributed by atoms with Crippen molar-refractivity contribution >= 4 is 61.9 Å². The van der Waals surface area contributed by atoms with Gasteiger partial charge in [0.1, 0.15) is 0 Å². The minimum absolute atomic E-state index is 0.0878. The summed E-state index contributed by atoms with van der Waals surface area (Å²) < 4.78 is 139. The molecule has 4 amide bonds. The third-order valence-corrected chi connectivity index (χ3v) is 38.6. The first-order valence-corrected chi connectivity index (χ1v) is 46.4. The van der Waals surface area contributed by atoms with Crippen LogP contribution >= 0.6 is 0 Å². The van der Waals surface area contributed by atoms with Gasteiger partial charge in [-0.15, -0.1) is 0 Å². The van der Waals surface area contributed by atoms with Gasteiger partial charge < -0.3 is 0 Å². The van der Waals surface area contributed by atoms with Crippen LogP contribution in [0.15, 0.2) is 198 Å². The van der Waals surface area contributed by atoms with Crippen LogP contribution in [-0.4, -0.2) is 36.7 Å². The number of aryl methyl sites for hydroxylation is 2. The van der Waals surface area contributed by atoms with Crippen molar-refractivity contribution in [2.75, 3.05) is 33.5 Å². The molecule has 0 fully saturated rings. The second kappa shape index (κ2) is 38.9. The number of nitrogens with one attached hydrogen (secondary N) is 2. The Labute approximate surface area is 666 Å². The van der Waals surface area contributed by atoms with Gasteiger partial charge in [0, 0.05) is 0 Å². The fourth-order valence-corrected chi connectivity index (χ4v) is 32.9. The molecule has 4 aliphatic carbocycles. The Morgan fingerprint density at radius 2 is 0.661 bits per heavy atom. The molecule has 6 aromatic rings. The molecule has 0 radical (unpaired) electrons. The average molecular weight is 1610 g/mol. The van der Waals surface area contributed by atoms with Crippen LogP contribution in [0.3, 0.4) is 0 Å². The summed E-state index contributed by atoms with van der Waals surface area (Å²) >= 11 is -10.5. The zero-order valence-corrected chi connectivity index (χ0v) is 70.6. The first-order chi connectivity index (χ1) is 53.4. The topological polar surface area (TPSA) is 98.8 Å². The van der Waals surface area contributed by atoms with Gasteiger partial charge in [-0.1, -0.05) is 36.4 Å². The van der Waals surface area contributed by atoms with Crippen LogP contribution in [0, 0.1) is 68.2 Å². The van der Waals surface area contributed by atoms with Gasteiger partial charge in [-0.2, -0.15) is 0 Å². The molecule has 0 unspecified atom stereocenters. The number of hydrogen-bond acceptors (Lipinski definition) is 4. The van der Waals surface area contributed by atoms with E-state index in [-0.39, 0.29) is 81.1 Å². The maximum absolute atomic E-state index is 17.9. The van der Waals surface area contributed by atoms with Crippen molar-refractivity contribution in [3.63, 3.8) is 0 Å². The number of carbonyl (C=O) groups excluding carboxylic acids is 4. The molecule has 0 atom stereocenters. The molecule has 0 saturated heterocycles. The van der Waals surface area contributed by atoms with E-state index >= 15 is 35.1 Å². The summed E-state index contributed by atoms with van der Waals surface area (Å²) in [7, 11) is 0. The SMILES string of the molecule is CC(C)(CCCCc1ccccc1)C(=O)Nc1ccc(F)[c]([Ti]([C]2=CC=CC2)([C]2=CC=CC2)[c]2c(F)ccc(NC(=O)C(C)(C)CCCCc3ccccc3)c2F)c1F.CCCCN(C(=O)C(C)(C)CCC)c1ccc(F)[c]([Ti]([C]2=CC=CC2)([C]2=CC=CC2)[c]2c(F)ccc(N(CCCC)C(=O)C(C)(C)CCC)c2F)c1F. The van der Waals surface area contributed by atoms with Crippen molar-refractivity contribution in [1.29, 1.82) is 0 Å². The standard InChI is InChI=1S/2C20H22F2NO.2C17H24F2NO.4C5H5.2Ti/c2*1-20(2,13-7-6-10-15-8-4-3-5-9-15)19(24)23-18-12-11-16(21)14-17(18)22;2*1-5-7-11-20(16(21)17(3,4)10-6-2)15-9-8-13(18)12-14(15)19;4*1-2-4-5-3-1;;/h2*3-5,8-9,11-12H,6-7,10,13H2,1-2H3,(H,23,24);2*8-9H,5-7,10-11H2,1-4H3;4*1-3H,4H2;;. The third-order valence-electron chi connectivity index (χ3n) is 22.7. The molecule has 6 aromatic carbocycles. The van der Waals surface area contributed by atoms with Crippen LogP contribution in [0.1, 0.15) is 210 Å². The van der Waals surface area contributed by atoms with Crippen molar-refractivity contribution in [3.05, 3.63) is 255 Å². The summed E-state index contributed by atoms with van der Waals surface area (Å²) in [5.74, 6) is -9.21. The van der Waals surface area contributed by atoms with Gasteiger partial charge in [0.25, 0.3) is 0 Å². The summed E-state index contributed by atoms with van der Waals surface area (Å²) in [5, 5.41) is 5.46. The molecule has 596 valence electrons. The number of amides is 4. The molecule has 0 aromatic heterocycles. The predicted octanol–water partition coefficient (Wildman–Crippen LogP) is 22.7. The summed E-state index contributed by atoms with van der Waals surface area (Å²) in [5.41, 5.74) is -1.72. The third kappa shape index (κ3) is 19.3. The van der Waals surface area contributed by atoms with Gasteiger partial charge in [0.05, 0.1) is 0 Å². The zero-order chi connectivity index (χ0) is 81.3. The Kier molecular flexibility index (Phi) is 30.5. The van der Waals surface area contributed by atoms with E-state index in [1.807, 2.05) is 116 Å². The van der Waals surface area contributed by atoms with Crippen LogP contribution < -0.4 is 35.9 Å². The van der Waals surface area contributed by atoms with E-state index in [0.29, 0.717) is 54.0 Å². The van der Waals surface area contributed by atoms with Gasteiger partial charge in [0.2, 0.25) is 0 Å². The molecule has 0 spiro atoms. The second-order valence-electron chi connectivity index (χ2n) is 32.8. The van der Waals surface area contributed by atoms with Crippen molar-refractivity contribution in [2.24, 2.45) is 21.7 Å². The van der Waals surface area contributed by atoms with Gasteiger partial charge in [-0.3, -0.25) is 0 Å². The van der Waals surface area contributed by atoms with E-state index in [0.717, 1.165) is 88.5 Å². The molecule has 18 heteroatoms. The summed E-state index contributed by atoms with van der Waals surface area (Å²) in [6.45, 7) is 22.8. The number of rotatable bonds is 36. The minimum atomic E-state index is -5.27. The molecule has 0 bridgehead atoms. The van der Waals surface area contributed by atoms with E-state index < -0.39 is 121 Å². The van der Waals surface area contributed by atoms with E-state index in [1.54, 1.807) is 76.3 Å². The Morgan fingerprint density at radius 3 is 0.946 bits per heavy atom. The van der Waals surface area contributed by atoms with E-state index in [9.17, 15) is 19.2 Å². The van der Waals surface area contributed by atoms with E-state index in [4.69, 9.17) is 0 Å². The Balaban J connectivity index is 0.000000259. The van der Waals surface area contributed by atoms with Crippen molar-refractivity contribution in [1.82, 2.24) is 0 Å². The zero-order valence-electron chi connectivity index (χ0n) is 67.4. The molecular formula is C94H112F8N4O4Ti2. The van der Waals surface area contributed by atoms with Crippen LogP contribution in [0.5, 0.6) is 0 Å². The normalized spacial score (nSPS) is 14.2. The second-order valence-corrected chi connectivity index (χ2v) is 44.6. The molecule has 0 aliphatic heterocycles. The van der Waals surface area contributed by atoms with Gasteiger partial charge in [0.15, 0.2) is 0 Å². The average Bonchev–Trinajstić information content (AvgIpc) is 1.16.